The highest BCUT2D eigenvalue weighted by molar-refractivity contribution is 5.81. The lowest BCUT2D eigenvalue weighted by molar-refractivity contribution is -0.154. The van der Waals surface area contributed by atoms with E-state index in [1.165, 1.54) is 38.5 Å². The highest BCUT2D eigenvalue weighted by atomic mass is 16.6. The lowest BCUT2D eigenvalue weighted by Crippen LogP contribution is -2.34. The number of methoxy groups -OCH3 is 1. The first-order valence-corrected chi connectivity index (χ1v) is 9.32. The zero-order chi connectivity index (χ0) is 18.3. The van der Waals surface area contributed by atoms with Crippen LogP contribution in [0.2, 0.25) is 0 Å². The molecule has 0 atom stereocenters. The molecule has 0 spiro atoms. The van der Waals surface area contributed by atoms with Crippen molar-refractivity contribution in [3.05, 3.63) is 0 Å². The molecule has 0 aromatic heterocycles. The summed E-state index contributed by atoms with van der Waals surface area (Å²) in [5.41, 5.74) is -0.508. The van der Waals surface area contributed by atoms with E-state index in [0.717, 1.165) is 25.9 Å². The Morgan fingerprint density at radius 1 is 0.833 bits per heavy atom. The van der Waals surface area contributed by atoms with Gasteiger partial charge in [-0.3, -0.25) is 9.59 Å². The van der Waals surface area contributed by atoms with Crippen LogP contribution < -0.4 is 5.32 Å². The molecule has 0 aliphatic carbocycles. The molecule has 0 aromatic carbocycles. The molecule has 0 heterocycles. The van der Waals surface area contributed by atoms with Crippen molar-refractivity contribution in [2.24, 2.45) is 0 Å². The number of amides is 1. The van der Waals surface area contributed by atoms with Gasteiger partial charge in [0.25, 0.3) is 0 Å². The summed E-state index contributed by atoms with van der Waals surface area (Å²) < 4.78 is 10.2. The third-order valence-corrected chi connectivity index (χ3v) is 3.60. The quantitative estimate of drug-likeness (QED) is 0.382. The predicted octanol–water partition coefficient (Wildman–Crippen LogP) is 3.99. The Bertz CT molecular complexity index is 337. The lowest BCUT2D eigenvalue weighted by Gasteiger charge is -2.19. The number of hydrogen-bond acceptors (Lipinski definition) is 4. The summed E-state index contributed by atoms with van der Waals surface area (Å²) in [6, 6.07) is 0. The number of esters is 1. The second kappa shape index (κ2) is 14.3. The van der Waals surface area contributed by atoms with Gasteiger partial charge in [0.05, 0.1) is 0 Å². The molecule has 0 radical (unpaired) electrons. The Morgan fingerprint density at radius 3 is 1.83 bits per heavy atom. The summed E-state index contributed by atoms with van der Waals surface area (Å²) in [4.78, 5) is 23.1. The minimum atomic E-state index is -0.508. The van der Waals surface area contributed by atoms with E-state index in [9.17, 15) is 9.59 Å². The van der Waals surface area contributed by atoms with Gasteiger partial charge in [-0.15, -0.1) is 0 Å². The highest BCUT2D eigenvalue weighted by Crippen LogP contribution is 2.10. The minimum absolute atomic E-state index is 0.0425. The molecule has 5 heteroatoms. The van der Waals surface area contributed by atoms with Gasteiger partial charge in [0, 0.05) is 20.1 Å². The Kier molecular flexibility index (Phi) is 13.6. The molecule has 0 aliphatic heterocycles. The predicted molar refractivity (Wildman–Crippen MR) is 96.9 cm³/mol. The van der Waals surface area contributed by atoms with Gasteiger partial charge in [0.1, 0.15) is 12.1 Å². The standard InChI is InChI=1S/C19H37NO4/c1-19(2,3)24-18(22)16-20-17(21)14-12-10-8-6-5-7-9-11-13-15-23-4/h5-16H2,1-4H3,(H,20,21). The summed E-state index contributed by atoms with van der Waals surface area (Å²) in [5, 5.41) is 2.62. The highest BCUT2D eigenvalue weighted by Gasteiger charge is 2.16. The Balaban J connectivity index is 3.36. The van der Waals surface area contributed by atoms with Crippen molar-refractivity contribution in [1.29, 1.82) is 0 Å². The van der Waals surface area contributed by atoms with Gasteiger partial charge in [-0.2, -0.15) is 0 Å². The number of ether oxygens (including phenoxy) is 2. The van der Waals surface area contributed by atoms with Crippen LogP contribution in [-0.2, 0) is 19.1 Å². The van der Waals surface area contributed by atoms with Crippen LogP contribution in [0.15, 0.2) is 0 Å². The van der Waals surface area contributed by atoms with Gasteiger partial charge in [0.15, 0.2) is 0 Å². The van der Waals surface area contributed by atoms with E-state index in [1.807, 2.05) is 20.8 Å². The van der Waals surface area contributed by atoms with Crippen LogP contribution in [0.1, 0.15) is 85.0 Å². The van der Waals surface area contributed by atoms with E-state index in [-0.39, 0.29) is 18.4 Å². The SMILES string of the molecule is COCCCCCCCCCCCC(=O)NCC(=O)OC(C)(C)C. The molecule has 5 nitrogen and oxygen atoms in total. The number of nitrogens with one attached hydrogen (secondary N) is 1. The maximum absolute atomic E-state index is 11.6. The number of rotatable bonds is 14. The monoisotopic (exact) mass is 343 g/mol. The van der Waals surface area contributed by atoms with Crippen LogP contribution in [0.25, 0.3) is 0 Å². The maximum Gasteiger partial charge on any atom is 0.325 e. The van der Waals surface area contributed by atoms with E-state index in [1.54, 1.807) is 7.11 Å². The molecule has 0 aromatic rings. The summed E-state index contributed by atoms with van der Waals surface area (Å²) >= 11 is 0. The molecule has 0 aliphatic rings. The van der Waals surface area contributed by atoms with Crippen molar-refractivity contribution >= 4 is 11.9 Å². The average Bonchev–Trinajstić information content (AvgIpc) is 2.49. The van der Waals surface area contributed by atoms with Crippen molar-refractivity contribution in [3.63, 3.8) is 0 Å². The summed E-state index contributed by atoms with van der Waals surface area (Å²) in [7, 11) is 1.75. The Hall–Kier alpha value is -1.10. The van der Waals surface area contributed by atoms with Gasteiger partial charge in [-0.25, -0.2) is 0 Å². The molecule has 0 saturated heterocycles. The van der Waals surface area contributed by atoms with Crippen LogP contribution in [0.5, 0.6) is 0 Å². The number of carbonyl (C=O) groups is 2. The molecule has 0 unspecified atom stereocenters. The fraction of sp³-hybridized carbons (Fsp3) is 0.895. The van der Waals surface area contributed by atoms with Gasteiger partial charge in [-0.1, -0.05) is 44.9 Å². The van der Waals surface area contributed by atoms with Crippen molar-refractivity contribution in [3.8, 4) is 0 Å². The molecule has 0 bridgehead atoms. The normalized spacial score (nSPS) is 11.3. The molecule has 1 N–H and O–H groups in total. The number of carbonyl (C=O) groups excluding carboxylic acids is 2. The van der Waals surface area contributed by atoms with E-state index < -0.39 is 5.60 Å². The second-order valence-corrected chi connectivity index (χ2v) is 7.29. The molecule has 0 fully saturated rings. The molecule has 142 valence electrons. The molecule has 0 saturated carbocycles. The van der Waals surface area contributed by atoms with Crippen molar-refractivity contribution < 1.29 is 19.1 Å². The van der Waals surface area contributed by atoms with Crippen LogP contribution in [-0.4, -0.2) is 37.7 Å². The smallest absolute Gasteiger partial charge is 0.325 e. The van der Waals surface area contributed by atoms with Crippen LogP contribution in [0.4, 0.5) is 0 Å². The van der Waals surface area contributed by atoms with E-state index in [2.05, 4.69) is 5.32 Å². The molecular weight excluding hydrogens is 306 g/mol. The first-order valence-electron chi connectivity index (χ1n) is 9.32. The topological polar surface area (TPSA) is 64.6 Å². The van der Waals surface area contributed by atoms with Crippen molar-refractivity contribution in [1.82, 2.24) is 5.32 Å². The fourth-order valence-electron chi connectivity index (χ4n) is 2.41. The minimum Gasteiger partial charge on any atom is -0.459 e. The summed E-state index contributed by atoms with van der Waals surface area (Å²) in [6.45, 7) is 6.26. The first kappa shape index (κ1) is 22.9. The van der Waals surface area contributed by atoms with E-state index in [4.69, 9.17) is 9.47 Å². The van der Waals surface area contributed by atoms with Crippen molar-refractivity contribution in [2.75, 3.05) is 20.3 Å². The van der Waals surface area contributed by atoms with Crippen LogP contribution in [0.3, 0.4) is 0 Å². The van der Waals surface area contributed by atoms with Gasteiger partial charge >= 0.3 is 5.97 Å². The third kappa shape index (κ3) is 17.3. The van der Waals surface area contributed by atoms with Gasteiger partial charge in [-0.05, 0) is 33.6 Å². The van der Waals surface area contributed by atoms with E-state index in [0.29, 0.717) is 6.42 Å². The lowest BCUT2D eigenvalue weighted by atomic mass is 10.1. The summed E-state index contributed by atoms with van der Waals surface area (Å²) in [5.74, 6) is -0.458. The number of hydrogen-bond donors (Lipinski definition) is 1. The largest absolute Gasteiger partial charge is 0.459 e. The summed E-state index contributed by atoms with van der Waals surface area (Å²) in [6.07, 6.45) is 11.1. The zero-order valence-corrected chi connectivity index (χ0v) is 16.1. The van der Waals surface area contributed by atoms with Crippen LogP contribution in [0, 0.1) is 0 Å². The first-order chi connectivity index (χ1) is 11.3. The zero-order valence-electron chi connectivity index (χ0n) is 16.1. The third-order valence-electron chi connectivity index (χ3n) is 3.60. The fourth-order valence-corrected chi connectivity index (χ4v) is 2.41. The maximum atomic E-state index is 11.6. The van der Waals surface area contributed by atoms with Gasteiger partial charge < -0.3 is 14.8 Å². The molecule has 0 rings (SSSR count). The molecule has 24 heavy (non-hydrogen) atoms. The van der Waals surface area contributed by atoms with Crippen LogP contribution >= 0.6 is 0 Å². The average molecular weight is 344 g/mol. The van der Waals surface area contributed by atoms with Crippen molar-refractivity contribution in [2.45, 2.75) is 90.6 Å². The Labute approximate surface area is 147 Å². The number of unbranched alkanes of at least 4 members (excludes halogenated alkanes) is 8. The second-order valence-electron chi connectivity index (χ2n) is 7.29. The Morgan fingerprint density at radius 2 is 1.33 bits per heavy atom. The van der Waals surface area contributed by atoms with E-state index >= 15 is 0 Å². The molecule has 1 amide bonds. The molecular formula is C19H37NO4. The van der Waals surface area contributed by atoms with Gasteiger partial charge in [0.2, 0.25) is 5.91 Å².